The first-order valence-electron chi connectivity index (χ1n) is 2.71. The lowest BCUT2D eigenvalue weighted by molar-refractivity contribution is 1.42. The molecule has 0 bridgehead atoms. The molecule has 1 heteroatoms. The molecule has 0 N–H and O–H groups in total. The van der Waals surface area contributed by atoms with Crippen LogP contribution in [0.2, 0.25) is 0 Å². The molecular weight excluding hydrogens is 132 g/mol. The Labute approximate surface area is 65.1 Å². The lowest BCUT2D eigenvalue weighted by Gasteiger charge is -1.65. The van der Waals surface area contributed by atoms with Gasteiger partial charge < -0.3 is 0 Å². The Morgan fingerprint density at radius 2 is 0.778 bits per heavy atom. The maximum Gasteiger partial charge on any atom is -0.0445 e. The predicted octanol–water partition coefficient (Wildman–Crippen LogP) is 3.59. The summed E-state index contributed by atoms with van der Waals surface area (Å²) in [6.45, 7) is 15.0. The van der Waals surface area contributed by atoms with Crippen molar-refractivity contribution < 1.29 is 0 Å². The van der Waals surface area contributed by atoms with E-state index in [-0.39, 0.29) is 12.4 Å². The Kier molecular flexibility index (Phi) is 18.9. The van der Waals surface area contributed by atoms with Gasteiger partial charge in [-0.3, -0.25) is 0 Å². The van der Waals surface area contributed by atoms with Crippen LogP contribution in [-0.4, -0.2) is 0 Å². The van der Waals surface area contributed by atoms with Crippen molar-refractivity contribution in [3.8, 4) is 0 Å². The van der Waals surface area contributed by atoms with Crippen molar-refractivity contribution in [3.63, 3.8) is 0 Å². The van der Waals surface area contributed by atoms with Crippen LogP contribution in [0.25, 0.3) is 0 Å². The van der Waals surface area contributed by atoms with Crippen molar-refractivity contribution in [2.45, 2.75) is 27.7 Å². The van der Waals surface area contributed by atoms with E-state index in [4.69, 9.17) is 0 Å². The van der Waals surface area contributed by atoms with E-state index in [0.29, 0.717) is 0 Å². The molecule has 0 aliphatic rings. The first-order valence-corrected chi connectivity index (χ1v) is 2.71. The Bertz CT molecular complexity index is 62.6. The number of hydrogen-bond donors (Lipinski definition) is 0. The summed E-state index contributed by atoms with van der Waals surface area (Å²) in [4.78, 5) is 0. The van der Waals surface area contributed by atoms with Gasteiger partial charge in [-0.05, 0) is 27.7 Å². The standard InChI is InChI=1S/2C4H8.ClH/c2*1-4(2)3;/h2*1H2,2-3H3;1H. The molecule has 56 valence electrons. The number of rotatable bonds is 0. The Hall–Kier alpha value is -0.230. The third kappa shape index (κ3) is 4890. The van der Waals surface area contributed by atoms with E-state index in [0.717, 1.165) is 0 Å². The Balaban J connectivity index is -0.0000000720. The molecular formula is C8H17Cl. The monoisotopic (exact) mass is 148 g/mol. The van der Waals surface area contributed by atoms with Crippen molar-refractivity contribution in [3.05, 3.63) is 24.3 Å². The molecule has 0 amide bonds. The summed E-state index contributed by atoms with van der Waals surface area (Å²) in [6.07, 6.45) is 0. The molecule has 0 rings (SSSR count). The molecule has 0 saturated heterocycles. The van der Waals surface area contributed by atoms with Gasteiger partial charge in [0.15, 0.2) is 0 Å². The minimum absolute atomic E-state index is 0. The summed E-state index contributed by atoms with van der Waals surface area (Å²) in [5, 5.41) is 0. The molecule has 0 fully saturated rings. The summed E-state index contributed by atoms with van der Waals surface area (Å²) >= 11 is 0. The first kappa shape index (κ1) is 15.9. The lowest BCUT2D eigenvalue weighted by atomic mass is 10.4. The molecule has 0 aromatic carbocycles. The molecule has 0 aromatic rings. The highest BCUT2D eigenvalue weighted by atomic mass is 35.5. The average molecular weight is 149 g/mol. The van der Waals surface area contributed by atoms with Gasteiger partial charge in [-0.2, -0.15) is 0 Å². The van der Waals surface area contributed by atoms with E-state index in [1.807, 2.05) is 27.7 Å². The summed E-state index contributed by atoms with van der Waals surface area (Å²) in [5.74, 6) is 0. The molecule has 0 heterocycles. The highest BCUT2D eigenvalue weighted by Gasteiger charge is 1.52. The molecule has 0 atom stereocenters. The number of allylic oxidation sites excluding steroid dienone is 2. The fraction of sp³-hybridized carbons (Fsp3) is 0.500. The van der Waals surface area contributed by atoms with Crippen LogP contribution in [0.5, 0.6) is 0 Å². The van der Waals surface area contributed by atoms with Crippen LogP contribution in [0.15, 0.2) is 24.3 Å². The van der Waals surface area contributed by atoms with Crippen molar-refractivity contribution in [2.75, 3.05) is 0 Å². The van der Waals surface area contributed by atoms with Gasteiger partial charge in [0.25, 0.3) is 0 Å². The second-order valence-corrected chi connectivity index (χ2v) is 2.41. The van der Waals surface area contributed by atoms with E-state index < -0.39 is 0 Å². The van der Waals surface area contributed by atoms with Gasteiger partial charge in [-0.15, -0.1) is 25.6 Å². The molecule has 9 heavy (non-hydrogen) atoms. The molecule has 0 unspecified atom stereocenters. The lowest BCUT2D eigenvalue weighted by Crippen LogP contribution is -1.43. The zero-order chi connectivity index (χ0) is 7.15. The van der Waals surface area contributed by atoms with Gasteiger partial charge in [-0.1, -0.05) is 11.1 Å². The van der Waals surface area contributed by atoms with Crippen LogP contribution in [0.3, 0.4) is 0 Å². The van der Waals surface area contributed by atoms with Gasteiger partial charge in [0.05, 0.1) is 0 Å². The summed E-state index contributed by atoms with van der Waals surface area (Å²) in [5.41, 5.74) is 2.33. The van der Waals surface area contributed by atoms with Crippen LogP contribution < -0.4 is 0 Å². The fourth-order valence-corrected chi connectivity index (χ4v) is 0. The molecule has 0 saturated carbocycles. The normalized spacial score (nSPS) is 5.78. The Morgan fingerprint density at radius 3 is 0.778 bits per heavy atom. The average Bonchev–Trinajstić information content (AvgIpc) is 1.25. The van der Waals surface area contributed by atoms with Gasteiger partial charge in [0.1, 0.15) is 0 Å². The molecule has 0 aliphatic carbocycles. The van der Waals surface area contributed by atoms with Crippen LogP contribution >= 0.6 is 12.4 Å². The molecule has 0 radical (unpaired) electrons. The van der Waals surface area contributed by atoms with Gasteiger partial charge in [0.2, 0.25) is 0 Å². The summed E-state index contributed by atoms with van der Waals surface area (Å²) < 4.78 is 0. The van der Waals surface area contributed by atoms with Gasteiger partial charge in [-0.25, -0.2) is 0 Å². The largest absolute Gasteiger partial charge is 0.147 e. The third-order valence-corrected chi connectivity index (χ3v) is 0. The Morgan fingerprint density at radius 1 is 0.778 bits per heavy atom. The quantitative estimate of drug-likeness (QED) is 0.461. The minimum atomic E-state index is 0. The number of halogens is 1. The van der Waals surface area contributed by atoms with Crippen LogP contribution in [-0.2, 0) is 0 Å². The second kappa shape index (κ2) is 10.7. The van der Waals surface area contributed by atoms with Gasteiger partial charge in [0, 0.05) is 0 Å². The molecule has 0 spiro atoms. The van der Waals surface area contributed by atoms with Crippen LogP contribution in [0.4, 0.5) is 0 Å². The topological polar surface area (TPSA) is 0 Å². The SMILES string of the molecule is C=C(C)C.C=C(C)C.Cl. The zero-order valence-corrected chi connectivity index (χ0v) is 7.64. The highest BCUT2D eigenvalue weighted by Crippen LogP contribution is 1.74. The summed E-state index contributed by atoms with van der Waals surface area (Å²) in [7, 11) is 0. The smallest absolute Gasteiger partial charge is 0.0445 e. The number of hydrogen-bond acceptors (Lipinski definition) is 0. The maximum atomic E-state index is 3.56. The van der Waals surface area contributed by atoms with Crippen molar-refractivity contribution in [1.29, 1.82) is 0 Å². The van der Waals surface area contributed by atoms with Crippen LogP contribution in [0.1, 0.15) is 27.7 Å². The van der Waals surface area contributed by atoms with E-state index >= 15 is 0 Å². The van der Waals surface area contributed by atoms with E-state index in [9.17, 15) is 0 Å². The van der Waals surface area contributed by atoms with Crippen molar-refractivity contribution in [2.24, 2.45) is 0 Å². The van der Waals surface area contributed by atoms with E-state index in [1.165, 1.54) is 11.1 Å². The second-order valence-electron chi connectivity index (χ2n) is 2.41. The molecule has 0 nitrogen and oxygen atoms in total. The fourth-order valence-electron chi connectivity index (χ4n) is 0. The maximum absolute atomic E-state index is 3.56. The molecule has 0 aromatic heterocycles. The van der Waals surface area contributed by atoms with E-state index in [2.05, 4.69) is 13.2 Å². The van der Waals surface area contributed by atoms with Crippen molar-refractivity contribution in [1.82, 2.24) is 0 Å². The van der Waals surface area contributed by atoms with Crippen molar-refractivity contribution >= 4 is 12.4 Å². The molecule has 0 aliphatic heterocycles. The van der Waals surface area contributed by atoms with E-state index in [1.54, 1.807) is 0 Å². The third-order valence-electron chi connectivity index (χ3n) is 0. The highest BCUT2D eigenvalue weighted by molar-refractivity contribution is 5.85. The minimum Gasteiger partial charge on any atom is -0.147 e. The first-order chi connectivity index (χ1) is 3.46. The summed E-state index contributed by atoms with van der Waals surface area (Å²) in [6, 6.07) is 0. The van der Waals surface area contributed by atoms with Gasteiger partial charge >= 0.3 is 0 Å². The van der Waals surface area contributed by atoms with Crippen LogP contribution in [0, 0.1) is 0 Å². The predicted molar refractivity (Wildman–Crippen MR) is 48.2 cm³/mol. The zero-order valence-electron chi connectivity index (χ0n) is 6.82.